The Labute approximate surface area is 114 Å². The maximum Gasteiger partial charge on any atom is 0.228 e. The lowest BCUT2D eigenvalue weighted by Gasteiger charge is -2.17. The summed E-state index contributed by atoms with van der Waals surface area (Å²) in [5.41, 5.74) is 0. The van der Waals surface area contributed by atoms with Gasteiger partial charge in [-0.1, -0.05) is 11.6 Å². The molecule has 3 rings (SSSR count). The number of aromatic nitrogens is 2. The molecule has 4 unspecified atom stereocenters. The molecule has 19 heavy (non-hydrogen) atoms. The summed E-state index contributed by atoms with van der Waals surface area (Å²) in [4.78, 5) is 4.61. The van der Waals surface area contributed by atoms with Crippen LogP contribution in [0, 0.1) is 11.8 Å². The van der Waals surface area contributed by atoms with E-state index in [2.05, 4.69) is 15.5 Å². The second-order valence-corrected chi connectivity index (χ2v) is 5.97. The SMILES string of the molecule is CNC(COC)Cc1nc(C2CC3CCC2C3)no1. The van der Waals surface area contributed by atoms with Crippen LogP contribution < -0.4 is 5.32 Å². The van der Waals surface area contributed by atoms with Crippen LogP contribution in [0.3, 0.4) is 0 Å². The minimum absolute atomic E-state index is 0.235. The van der Waals surface area contributed by atoms with Crippen molar-refractivity contribution in [2.75, 3.05) is 20.8 Å². The topological polar surface area (TPSA) is 60.2 Å². The zero-order valence-corrected chi connectivity index (χ0v) is 11.8. The lowest BCUT2D eigenvalue weighted by Crippen LogP contribution is -2.32. The van der Waals surface area contributed by atoms with E-state index in [0.29, 0.717) is 12.5 Å². The summed E-state index contributed by atoms with van der Waals surface area (Å²) in [5, 5.41) is 7.41. The fraction of sp³-hybridized carbons (Fsp3) is 0.857. The molecule has 1 N–H and O–H groups in total. The van der Waals surface area contributed by atoms with Crippen molar-refractivity contribution in [2.24, 2.45) is 11.8 Å². The quantitative estimate of drug-likeness (QED) is 0.849. The van der Waals surface area contributed by atoms with Crippen LogP contribution in [0.25, 0.3) is 0 Å². The van der Waals surface area contributed by atoms with E-state index >= 15 is 0 Å². The lowest BCUT2D eigenvalue weighted by atomic mass is 9.88. The Bertz CT molecular complexity index is 421. The fourth-order valence-electron chi connectivity index (χ4n) is 3.72. The van der Waals surface area contributed by atoms with Gasteiger partial charge in [-0.3, -0.25) is 0 Å². The Morgan fingerprint density at radius 3 is 2.95 bits per heavy atom. The minimum atomic E-state index is 0.235. The van der Waals surface area contributed by atoms with Crippen molar-refractivity contribution < 1.29 is 9.26 Å². The Balaban J connectivity index is 1.63. The van der Waals surface area contributed by atoms with Gasteiger partial charge >= 0.3 is 0 Å². The maximum atomic E-state index is 5.41. The molecule has 5 nitrogen and oxygen atoms in total. The van der Waals surface area contributed by atoms with Gasteiger partial charge < -0.3 is 14.6 Å². The second kappa shape index (κ2) is 5.59. The van der Waals surface area contributed by atoms with Crippen molar-refractivity contribution in [3.05, 3.63) is 11.7 Å². The standard InChI is InChI=1S/C14H23N3O2/c1-15-11(8-18-2)7-13-16-14(17-19-13)12-6-9-3-4-10(12)5-9/h9-12,15H,3-8H2,1-2H3. The molecule has 0 spiro atoms. The van der Waals surface area contributed by atoms with Gasteiger partial charge in [-0.2, -0.15) is 4.98 Å². The highest BCUT2D eigenvalue weighted by molar-refractivity contribution is 5.06. The largest absolute Gasteiger partial charge is 0.383 e. The average Bonchev–Trinajstić information content (AvgIpc) is 3.13. The second-order valence-electron chi connectivity index (χ2n) is 5.97. The maximum absolute atomic E-state index is 5.41. The van der Waals surface area contributed by atoms with Gasteiger partial charge in [-0.05, 0) is 38.1 Å². The highest BCUT2D eigenvalue weighted by Gasteiger charge is 2.42. The third kappa shape index (κ3) is 2.67. The number of nitrogens with zero attached hydrogens (tertiary/aromatic N) is 2. The molecule has 0 aromatic carbocycles. The van der Waals surface area contributed by atoms with E-state index in [9.17, 15) is 0 Å². The lowest BCUT2D eigenvalue weighted by molar-refractivity contribution is 0.165. The van der Waals surface area contributed by atoms with Gasteiger partial charge in [-0.15, -0.1) is 0 Å². The summed E-state index contributed by atoms with van der Waals surface area (Å²) < 4.78 is 10.6. The summed E-state index contributed by atoms with van der Waals surface area (Å²) in [6.07, 6.45) is 6.12. The zero-order chi connectivity index (χ0) is 13.2. The highest BCUT2D eigenvalue weighted by Crippen LogP contribution is 2.52. The van der Waals surface area contributed by atoms with Crippen molar-refractivity contribution in [3.63, 3.8) is 0 Å². The van der Waals surface area contributed by atoms with E-state index in [-0.39, 0.29) is 6.04 Å². The van der Waals surface area contributed by atoms with E-state index in [0.717, 1.165) is 30.0 Å². The predicted molar refractivity (Wildman–Crippen MR) is 70.9 cm³/mol. The van der Waals surface area contributed by atoms with Gasteiger partial charge in [0.2, 0.25) is 5.89 Å². The molecule has 2 saturated carbocycles. The van der Waals surface area contributed by atoms with Gasteiger partial charge in [0.25, 0.3) is 0 Å². The number of rotatable bonds is 6. The summed E-state index contributed by atoms with van der Waals surface area (Å²) >= 11 is 0. The summed E-state index contributed by atoms with van der Waals surface area (Å²) in [6, 6.07) is 0.235. The summed E-state index contributed by atoms with van der Waals surface area (Å²) in [7, 11) is 3.63. The van der Waals surface area contributed by atoms with Crippen molar-refractivity contribution in [2.45, 2.75) is 44.1 Å². The number of likely N-dealkylation sites (N-methyl/N-ethyl adjacent to an activating group) is 1. The summed E-state index contributed by atoms with van der Waals surface area (Å²) in [5.74, 6) is 3.93. The zero-order valence-electron chi connectivity index (χ0n) is 11.8. The van der Waals surface area contributed by atoms with E-state index in [1.807, 2.05) is 7.05 Å². The molecule has 2 aliphatic rings. The van der Waals surface area contributed by atoms with E-state index in [1.165, 1.54) is 25.7 Å². The average molecular weight is 265 g/mol. The van der Waals surface area contributed by atoms with Crippen LogP contribution in [0.15, 0.2) is 4.52 Å². The van der Waals surface area contributed by atoms with Crippen LogP contribution in [-0.2, 0) is 11.2 Å². The van der Waals surface area contributed by atoms with Crippen LogP contribution in [0.5, 0.6) is 0 Å². The Kier molecular flexibility index (Phi) is 3.84. The number of hydrogen-bond acceptors (Lipinski definition) is 5. The smallest absolute Gasteiger partial charge is 0.228 e. The minimum Gasteiger partial charge on any atom is -0.383 e. The Hall–Kier alpha value is -0.940. The molecule has 2 fully saturated rings. The third-order valence-corrected chi connectivity index (χ3v) is 4.75. The molecule has 0 amide bonds. The van der Waals surface area contributed by atoms with E-state index in [4.69, 9.17) is 9.26 Å². The van der Waals surface area contributed by atoms with Crippen molar-refractivity contribution in [1.82, 2.24) is 15.5 Å². The van der Waals surface area contributed by atoms with Crippen LogP contribution >= 0.6 is 0 Å². The first-order valence-electron chi connectivity index (χ1n) is 7.28. The first-order chi connectivity index (χ1) is 9.30. The third-order valence-electron chi connectivity index (χ3n) is 4.75. The van der Waals surface area contributed by atoms with Crippen molar-refractivity contribution >= 4 is 0 Å². The van der Waals surface area contributed by atoms with Crippen LogP contribution in [-0.4, -0.2) is 36.9 Å². The first kappa shape index (κ1) is 13.1. The molecular formula is C14H23N3O2. The van der Waals surface area contributed by atoms with Gasteiger partial charge in [0.15, 0.2) is 5.82 Å². The monoisotopic (exact) mass is 265 g/mol. The molecule has 0 saturated heterocycles. The summed E-state index contributed by atoms with van der Waals surface area (Å²) in [6.45, 7) is 0.655. The predicted octanol–water partition coefficient (Wildman–Crippen LogP) is 1.75. The Morgan fingerprint density at radius 1 is 1.42 bits per heavy atom. The number of ether oxygens (including phenoxy) is 1. The van der Waals surface area contributed by atoms with Crippen molar-refractivity contribution in [3.8, 4) is 0 Å². The fourth-order valence-corrected chi connectivity index (χ4v) is 3.72. The van der Waals surface area contributed by atoms with Gasteiger partial charge in [-0.25, -0.2) is 0 Å². The van der Waals surface area contributed by atoms with Gasteiger partial charge in [0.05, 0.1) is 6.61 Å². The first-order valence-corrected chi connectivity index (χ1v) is 7.28. The molecule has 106 valence electrons. The molecule has 5 heteroatoms. The Morgan fingerprint density at radius 2 is 2.32 bits per heavy atom. The number of methoxy groups -OCH3 is 1. The van der Waals surface area contributed by atoms with Crippen molar-refractivity contribution in [1.29, 1.82) is 0 Å². The van der Waals surface area contributed by atoms with E-state index in [1.54, 1.807) is 7.11 Å². The molecule has 0 radical (unpaired) electrons. The molecule has 4 atom stereocenters. The number of nitrogens with one attached hydrogen (secondary N) is 1. The van der Waals surface area contributed by atoms with Gasteiger partial charge in [0, 0.05) is 25.5 Å². The van der Waals surface area contributed by atoms with Gasteiger partial charge in [0.1, 0.15) is 0 Å². The normalized spacial score (nSPS) is 30.9. The van der Waals surface area contributed by atoms with Crippen LogP contribution in [0.2, 0.25) is 0 Å². The molecular weight excluding hydrogens is 242 g/mol. The van der Waals surface area contributed by atoms with Crippen LogP contribution in [0.1, 0.15) is 43.3 Å². The molecule has 2 bridgehead atoms. The molecule has 0 aliphatic heterocycles. The van der Waals surface area contributed by atoms with Crippen LogP contribution in [0.4, 0.5) is 0 Å². The highest BCUT2D eigenvalue weighted by atomic mass is 16.5. The number of fused-ring (bicyclic) bond motifs is 2. The molecule has 1 aromatic heterocycles. The molecule has 1 heterocycles. The molecule has 2 aliphatic carbocycles. The molecule has 1 aromatic rings. The van der Waals surface area contributed by atoms with E-state index < -0.39 is 0 Å². The number of hydrogen-bond donors (Lipinski definition) is 1.